The Balaban J connectivity index is 2.37. The molecule has 0 saturated heterocycles. The van der Waals surface area contributed by atoms with Crippen LogP contribution in [0.3, 0.4) is 0 Å². The molecule has 0 heterocycles. The fraction of sp³-hybridized carbons (Fsp3) is 0.462. The summed E-state index contributed by atoms with van der Waals surface area (Å²) in [7, 11) is 0. The van der Waals surface area contributed by atoms with Crippen molar-refractivity contribution in [1.29, 1.82) is 0 Å². The van der Waals surface area contributed by atoms with E-state index in [1.54, 1.807) is 12.1 Å². The van der Waals surface area contributed by atoms with Crippen molar-refractivity contribution in [3.05, 3.63) is 23.8 Å². The Hall–Kier alpha value is -1.55. The summed E-state index contributed by atoms with van der Waals surface area (Å²) in [6.07, 6.45) is 1.35. The van der Waals surface area contributed by atoms with Crippen LogP contribution >= 0.6 is 0 Å². The Labute approximate surface area is 102 Å². The Morgan fingerprint density at radius 2 is 2.18 bits per heavy atom. The van der Waals surface area contributed by atoms with E-state index in [-0.39, 0.29) is 5.91 Å². The number of anilines is 2. The number of aryl methyl sites for hydroxylation is 1. The van der Waals surface area contributed by atoms with Crippen LogP contribution in [0.5, 0.6) is 0 Å². The van der Waals surface area contributed by atoms with Gasteiger partial charge in [0.25, 0.3) is 0 Å². The number of nitrogens with two attached hydrogens (primary N) is 1. The standard InChI is InChI=1S/C13H20N2O2/c1-3-7-17-8-6-13(16)15-11-4-5-12(14)10(2)9-11/h4-5,9H,3,6-8,14H2,1-2H3,(H,15,16). The van der Waals surface area contributed by atoms with Crippen LogP contribution in [-0.2, 0) is 9.53 Å². The maximum absolute atomic E-state index is 11.5. The smallest absolute Gasteiger partial charge is 0.226 e. The second kappa shape index (κ2) is 6.91. The molecule has 1 amide bonds. The summed E-state index contributed by atoms with van der Waals surface area (Å²) in [5.74, 6) is -0.0368. The molecule has 0 unspecified atom stereocenters. The molecule has 0 saturated carbocycles. The second-order valence-corrected chi connectivity index (χ2v) is 3.98. The summed E-state index contributed by atoms with van der Waals surface area (Å²) in [6.45, 7) is 5.12. The molecule has 0 bridgehead atoms. The fourth-order valence-corrected chi connectivity index (χ4v) is 1.39. The Morgan fingerprint density at radius 3 is 2.82 bits per heavy atom. The third kappa shape index (κ3) is 4.87. The zero-order chi connectivity index (χ0) is 12.7. The maximum Gasteiger partial charge on any atom is 0.226 e. The third-order valence-corrected chi connectivity index (χ3v) is 2.38. The molecule has 4 heteroatoms. The van der Waals surface area contributed by atoms with Gasteiger partial charge in [0.15, 0.2) is 0 Å². The predicted octanol–water partition coefficient (Wildman–Crippen LogP) is 2.33. The highest BCUT2D eigenvalue weighted by atomic mass is 16.5. The summed E-state index contributed by atoms with van der Waals surface area (Å²) in [5.41, 5.74) is 8.17. The highest BCUT2D eigenvalue weighted by Crippen LogP contribution is 2.16. The molecule has 0 aliphatic rings. The number of amides is 1. The lowest BCUT2D eigenvalue weighted by molar-refractivity contribution is -0.117. The van der Waals surface area contributed by atoms with Gasteiger partial charge in [-0.2, -0.15) is 0 Å². The molecule has 94 valence electrons. The minimum atomic E-state index is -0.0368. The van der Waals surface area contributed by atoms with E-state index in [1.165, 1.54) is 0 Å². The first-order valence-electron chi connectivity index (χ1n) is 5.87. The normalized spacial score (nSPS) is 10.2. The molecule has 0 fully saturated rings. The number of ether oxygens (including phenoxy) is 1. The molecule has 1 aromatic carbocycles. The van der Waals surface area contributed by atoms with Crippen LogP contribution in [0.15, 0.2) is 18.2 Å². The van der Waals surface area contributed by atoms with E-state index in [0.717, 1.165) is 23.4 Å². The second-order valence-electron chi connectivity index (χ2n) is 3.98. The Kier molecular flexibility index (Phi) is 5.49. The number of hydrogen-bond acceptors (Lipinski definition) is 3. The van der Waals surface area contributed by atoms with Crippen molar-refractivity contribution in [1.82, 2.24) is 0 Å². The number of hydrogen-bond donors (Lipinski definition) is 2. The summed E-state index contributed by atoms with van der Waals surface area (Å²) in [4.78, 5) is 11.5. The largest absolute Gasteiger partial charge is 0.399 e. The molecule has 0 aliphatic carbocycles. The van der Waals surface area contributed by atoms with Crippen LogP contribution in [0.25, 0.3) is 0 Å². The highest BCUT2D eigenvalue weighted by molar-refractivity contribution is 5.91. The van der Waals surface area contributed by atoms with Gasteiger partial charge in [-0.25, -0.2) is 0 Å². The van der Waals surface area contributed by atoms with Gasteiger partial charge in [0, 0.05) is 18.0 Å². The molecule has 17 heavy (non-hydrogen) atoms. The Bertz CT molecular complexity index is 378. The lowest BCUT2D eigenvalue weighted by Gasteiger charge is -2.07. The molecule has 4 nitrogen and oxygen atoms in total. The van der Waals surface area contributed by atoms with Gasteiger partial charge < -0.3 is 15.8 Å². The zero-order valence-corrected chi connectivity index (χ0v) is 10.5. The quantitative estimate of drug-likeness (QED) is 0.588. The molecule has 0 radical (unpaired) electrons. The minimum Gasteiger partial charge on any atom is -0.399 e. The summed E-state index contributed by atoms with van der Waals surface area (Å²) < 4.78 is 5.25. The number of rotatable bonds is 6. The van der Waals surface area contributed by atoms with E-state index < -0.39 is 0 Å². The highest BCUT2D eigenvalue weighted by Gasteiger charge is 2.03. The van der Waals surface area contributed by atoms with Crippen LogP contribution < -0.4 is 11.1 Å². The number of nitrogen functional groups attached to an aromatic ring is 1. The molecular formula is C13H20N2O2. The summed E-state index contributed by atoms with van der Waals surface area (Å²) in [6, 6.07) is 5.45. The van der Waals surface area contributed by atoms with Gasteiger partial charge in [0.05, 0.1) is 13.0 Å². The zero-order valence-electron chi connectivity index (χ0n) is 10.5. The predicted molar refractivity (Wildman–Crippen MR) is 69.9 cm³/mol. The monoisotopic (exact) mass is 236 g/mol. The molecule has 0 aliphatic heterocycles. The Morgan fingerprint density at radius 1 is 1.41 bits per heavy atom. The van der Waals surface area contributed by atoms with Crippen LogP contribution in [0.4, 0.5) is 11.4 Å². The first kappa shape index (κ1) is 13.5. The van der Waals surface area contributed by atoms with E-state index >= 15 is 0 Å². The van der Waals surface area contributed by atoms with Crippen molar-refractivity contribution in [2.45, 2.75) is 26.7 Å². The molecule has 3 N–H and O–H groups in total. The third-order valence-electron chi connectivity index (χ3n) is 2.38. The van der Waals surface area contributed by atoms with Gasteiger partial charge in [0.2, 0.25) is 5.91 Å². The number of benzene rings is 1. The van der Waals surface area contributed by atoms with Crippen LogP contribution in [0.2, 0.25) is 0 Å². The van der Waals surface area contributed by atoms with Gasteiger partial charge in [-0.3, -0.25) is 4.79 Å². The molecule has 1 rings (SSSR count). The summed E-state index contributed by atoms with van der Waals surface area (Å²) >= 11 is 0. The molecule has 1 aromatic rings. The van der Waals surface area contributed by atoms with E-state index in [1.807, 2.05) is 19.9 Å². The van der Waals surface area contributed by atoms with E-state index in [0.29, 0.717) is 19.6 Å². The lowest BCUT2D eigenvalue weighted by atomic mass is 10.2. The number of nitrogens with one attached hydrogen (secondary N) is 1. The lowest BCUT2D eigenvalue weighted by Crippen LogP contribution is -2.14. The van der Waals surface area contributed by atoms with Crippen molar-refractivity contribution in [3.63, 3.8) is 0 Å². The molecule has 0 atom stereocenters. The minimum absolute atomic E-state index is 0.0368. The average Bonchev–Trinajstić information content (AvgIpc) is 2.30. The van der Waals surface area contributed by atoms with Crippen molar-refractivity contribution >= 4 is 17.3 Å². The van der Waals surface area contributed by atoms with Gasteiger partial charge in [-0.1, -0.05) is 6.92 Å². The topological polar surface area (TPSA) is 64.3 Å². The average molecular weight is 236 g/mol. The van der Waals surface area contributed by atoms with Crippen LogP contribution in [-0.4, -0.2) is 19.1 Å². The van der Waals surface area contributed by atoms with Crippen LogP contribution in [0, 0.1) is 6.92 Å². The maximum atomic E-state index is 11.5. The van der Waals surface area contributed by atoms with Gasteiger partial charge in [-0.05, 0) is 37.1 Å². The van der Waals surface area contributed by atoms with E-state index in [4.69, 9.17) is 10.5 Å². The first-order chi connectivity index (χ1) is 8.13. The van der Waals surface area contributed by atoms with Crippen molar-refractivity contribution in [2.24, 2.45) is 0 Å². The molecular weight excluding hydrogens is 216 g/mol. The SMILES string of the molecule is CCCOCCC(=O)Nc1ccc(N)c(C)c1. The molecule has 0 aromatic heterocycles. The number of carbonyl (C=O) groups is 1. The van der Waals surface area contributed by atoms with Crippen molar-refractivity contribution in [2.75, 3.05) is 24.3 Å². The number of carbonyl (C=O) groups excluding carboxylic acids is 1. The molecule has 0 spiro atoms. The van der Waals surface area contributed by atoms with E-state index in [9.17, 15) is 4.79 Å². The van der Waals surface area contributed by atoms with Crippen LogP contribution in [0.1, 0.15) is 25.3 Å². The van der Waals surface area contributed by atoms with Gasteiger partial charge >= 0.3 is 0 Å². The first-order valence-corrected chi connectivity index (χ1v) is 5.87. The summed E-state index contributed by atoms with van der Waals surface area (Å²) in [5, 5.41) is 2.81. The van der Waals surface area contributed by atoms with Gasteiger partial charge in [0.1, 0.15) is 0 Å². The van der Waals surface area contributed by atoms with Crippen molar-refractivity contribution < 1.29 is 9.53 Å². The van der Waals surface area contributed by atoms with Crippen molar-refractivity contribution in [3.8, 4) is 0 Å². The van der Waals surface area contributed by atoms with E-state index in [2.05, 4.69) is 5.32 Å². The van der Waals surface area contributed by atoms with Gasteiger partial charge in [-0.15, -0.1) is 0 Å². The fourth-order valence-electron chi connectivity index (χ4n) is 1.39.